The largest absolute Gasteiger partial charge is 0.342 e. The van der Waals surface area contributed by atoms with Gasteiger partial charge in [0.15, 0.2) is 0 Å². The Labute approximate surface area is 114 Å². The zero-order valence-corrected chi connectivity index (χ0v) is 11.3. The molecular weight excluding hydrogens is 236 g/mol. The third-order valence-electron chi connectivity index (χ3n) is 4.90. The second-order valence-electron chi connectivity index (χ2n) is 5.99. The van der Waals surface area contributed by atoms with E-state index in [1.807, 2.05) is 11.0 Å². The predicted octanol–water partition coefficient (Wildman–Crippen LogP) is 2.13. The number of rotatable bonds is 3. The highest BCUT2D eigenvalue weighted by Gasteiger charge is 2.46. The van der Waals surface area contributed by atoms with E-state index in [0.29, 0.717) is 18.4 Å². The molecule has 0 spiro atoms. The molecule has 3 rings (SSSR count). The van der Waals surface area contributed by atoms with Crippen LogP contribution in [0.2, 0.25) is 0 Å². The van der Waals surface area contributed by atoms with E-state index in [0.717, 1.165) is 38.8 Å². The summed E-state index contributed by atoms with van der Waals surface area (Å²) in [5, 5.41) is 0. The lowest BCUT2D eigenvalue weighted by molar-refractivity contribution is -0.145. The number of hydrogen-bond donors (Lipinski definition) is 1. The Kier molecular flexibility index (Phi) is 3.31. The van der Waals surface area contributed by atoms with Crippen LogP contribution in [-0.2, 0) is 4.79 Å². The number of likely N-dealkylation sites (tertiary alicyclic amines) is 1. The van der Waals surface area contributed by atoms with Crippen LogP contribution >= 0.6 is 0 Å². The lowest BCUT2D eigenvalue weighted by atomic mass is 9.68. The van der Waals surface area contributed by atoms with Crippen molar-refractivity contribution in [1.29, 1.82) is 0 Å². The summed E-state index contributed by atoms with van der Waals surface area (Å²) in [5.41, 5.74) is 6.97. The summed E-state index contributed by atoms with van der Waals surface area (Å²) >= 11 is 0. The summed E-state index contributed by atoms with van der Waals surface area (Å²) in [6, 6.07) is 10.5. The van der Waals surface area contributed by atoms with Crippen LogP contribution in [-0.4, -0.2) is 30.4 Å². The topological polar surface area (TPSA) is 46.3 Å². The molecule has 2 N–H and O–H groups in total. The van der Waals surface area contributed by atoms with Gasteiger partial charge in [-0.25, -0.2) is 0 Å². The summed E-state index contributed by atoms with van der Waals surface area (Å²) in [5.74, 6) is 0.805. The van der Waals surface area contributed by atoms with Crippen LogP contribution in [0.4, 0.5) is 0 Å². The highest BCUT2D eigenvalue weighted by Crippen LogP contribution is 2.43. The molecule has 0 radical (unpaired) electrons. The number of hydrogen-bond acceptors (Lipinski definition) is 2. The molecule has 1 aromatic rings. The van der Waals surface area contributed by atoms with Crippen molar-refractivity contribution in [2.24, 2.45) is 11.1 Å². The smallest absolute Gasteiger partial charge is 0.230 e. The summed E-state index contributed by atoms with van der Waals surface area (Å²) in [6.07, 6.45) is 4.19. The molecule has 1 amide bonds. The first kappa shape index (κ1) is 12.7. The molecule has 0 bridgehead atoms. The van der Waals surface area contributed by atoms with Crippen molar-refractivity contribution in [3.8, 4) is 0 Å². The molecule has 2 fully saturated rings. The Hall–Kier alpha value is -1.35. The minimum atomic E-state index is -0.217. The fraction of sp³-hybridized carbons (Fsp3) is 0.562. The van der Waals surface area contributed by atoms with E-state index in [1.54, 1.807) is 0 Å². The first-order chi connectivity index (χ1) is 9.25. The van der Waals surface area contributed by atoms with Crippen LogP contribution in [0, 0.1) is 5.41 Å². The molecule has 3 nitrogen and oxygen atoms in total. The third kappa shape index (κ3) is 2.16. The highest BCUT2D eigenvalue weighted by molar-refractivity contribution is 5.84. The molecule has 1 aliphatic heterocycles. The highest BCUT2D eigenvalue weighted by atomic mass is 16.2. The Bertz CT molecular complexity index is 448. The molecule has 102 valence electrons. The molecule has 1 aromatic carbocycles. The van der Waals surface area contributed by atoms with E-state index in [4.69, 9.17) is 5.73 Å². The molecule has 1 heterocycles. The number of amides is 1. The third-order valence-corrected chi connectivity index (χ3v) is 4.90. The van der Waals surface area contributed by atoms with Crippen LogP contribution in [0.1, 0.15) is 37.2 Å². The molecule has 19 heavy (non-hydrogen) atoms. The van der Waals surface area contributed by atoms with Crippen molar-refractivity contribution in [2.75, 3.05) is 19.6 Å². The van der Waals surface area contributed by atoms with E-state index < -0.39 is 0 Å². The maximum absolute atomic E-state index is 12.6. The molecule has 2 aliphatic rings. The van der Waals surface area contributed by atoms with Gasteiger partial charge in [0.05, 0.1) is 5.41 Å². The molecule has 1 saturated heterocycles. The van der Waals surface area contributed by atoms with E-state index in [2.05, 4.69) is 24.3 Å². The van der Waals surface area contributed by atoms with Crippen molar-refractivity contribution in [1.82, 2.24) is 4.90 Å². The first-order valence-corrected chi connectivity index (χ1v) is 7.29. The average molecular weight is 258 g/mol. The standard InChI is InChI=1S/C16H22N2O/c17-12-16(8-4-9-16)15(19)18-10-7-14(11-18)13-5-2-1-3-6-13/h1-3,5-6,14H,4,7-12,17H2. The Morgan fingerprint density at radius 3 is 2.63 bits per heavy atom. The lowest BCUT2D eigenvalue weighted by Crippen LogP contribution is -2.51. The van der Waals surface area contributed by atoms with Gasteiger partial charge in [-0.1, -0.05) is 36.8 Å². The van der Waals surface area contributed by atoms with Gasteiger partial charge in [-0.15, -0.1) is 0 Å². The number of benzene rings is 1. The molecule has 1 saturated carbocycles. The summed E-state index contributed by atoms with van der Waals surface area (Å²) in [7, 11) is 0. The van der Waals surface area contributed by atoms with E-state index in [1.165, 1.54) is 5.56 Å². The van der Waals surface area contributed by atoms with Crippen LogP contribution < -0.4 is 5.73 Å². The quantitative estimate of drug-likeness (QED) is 0.902. The van der Waals surface area contributed by atoms with Crippen molar-refractivity contribution < 1.29 is 4.79 Å². The second kappa shape index (κ2) is 4.97. The van der Waals surface area contributed by atoms with Gasteiger partial charge < -0.3 is 10.6 Å². The predicted molar refractivity (Wildman–Crippen MR) is 75.7 cm³/mol. The number of nitrogens with two attached hydrogens (primary N) is 1. The van der Waals surface area contributed by atoms with Gasteiger partial charge in [-0.05, 0) is 24.8 Å². The first-order valence-electron chi connectivity index (χ1n) is 7.29. The maximum atomic E-state index is 12.6. The Balaban J connectivity index is 1.68. The summed E-state index contributed by atoms with van der Waals surface area (Å²) in [6.45, 7) is 2.27. The Morgan fingerprint density at radius 2 is 2.05 bits per heavy atom. The monoisotopic (exact) mass is 258 g/mol. The molecule has 1 unspecified atom stereocenters. The van der Waals surface area contributed by atoms with Gasteiger partial charge in [0.2, 0.25) is 5.91 Å². The molecule has 0 aromatic heterocycles. The second-order valence-corrected chi connectivity index (χ2v) is 5.99. The number of carbonyl (C=O) groups is 1. The van der Waals surface area contributed by atoms with Gasteiger partial charge in [0.25, 0.3) is 0 Å². The van der Waals surface area contributed by atoms with Crippen LogP contribution in [0.5, 0.6) is 0 Å². The maximum Gasteiger partial charge on any atom is 0.230 e. The minimum absolute atomic E-state index is 0.217. The fourth-order valence-electron chi connectivity index (χ4n) is 3.39. The van der Waals surface area contributed by atoms with E-state index in [-0.39, 0.29) is 5.41 Å². The zero-order chi connectivity index (χ0) is 13.3. The SMILES string of the molecule is NCC1(C(=O)N2CCC(c3ccccc3)C2)CCC1. The van der Waals surface area contributed by atoms with Crippen molar-refractivity contribution in [2.45, 2.75) is 31.6 Å². The van der Waals surface area contributed by atoms with Gasteiger partial charge in [0, 0.05) is 25.6 Å². The summed E-state index contributed by atoms with van der Waals surface area (Å²) < 4.78 is 0. The fourth-order valence-corrected chi connectivity index (χ4v) is 3.39. The van der Waals surface area contributed by atoms with E-state index in [9.17, 15) is 4.79 Å². The molecule has 1 atom stereocenters. The minimum Gasteiger partial charge on any atom is -0.342 e. The van der Waals surface area contributed by atoms with Gasteiger partial charge in [-0.2, -0.15) is 0 Å². The molecular formula is C16H22N2O. The number of nitrogens with zero attached hydrogens (tertiary/aromatic N) is 1. The molecule has 3 heteroatoms. The zero-order valence-electron chi connectivity index (χ0n) is 11.3. The lowest BCUT2D eigenvalue weighted by Gasteiger charge is -2.41. The van der Waals surface area contributed by atoms with E-state index >= 15 is 0 Å². The van der Waals surface area contributed by atoms with Gasteiger partial charge in [0.1, 0.15) is 0 Å². The van der Waals surface area contributed by atoms with Crippen LogP contribution in [0.15, 0.2) is 30.3 Å². The van der Waals surface area contributed by atoms with Crippen molar-refractivity contribution >= 4 is 5.91 Å². The van der Waals surface area contributed by atoms with Gasteiger partial charge >= 0.3 is 0 Å². The van der Waals surface area contributed by atoms with Crippen molar-refractivity contribution in [3.63, 3.8) is 0 Å². The Morgan fingerprint density at radius 1 is 1.32 bits per heavy atom. The average Bonchev–Trinajstić information content (AvgIpc) is 2.88. The number of carbonyl (C=O) groups excluding carboxylic acids is 1. The summed E-state index contributed by atoms with van der Waals surface area (Å²) in [4.78, 5) is 14.6. The normalized spacial score (nSPS) is 25.1. The van der Waals surface area contributed by atoms with Crippen molar-refractivity contribution in [3.05, 3.63) is 35.9 Å². The molecule has 1 aliphatic carbocycles. The van der Waals surface area contributed by atoms with Gasteiger partial charge in [-0.3, -0.25) is 4.79 Å². The van der Waals surface area contributed by atoms with Crippen LogP contribution in [0.25, 0.3) is 0 Å². The van der Waals surface area contributed by atoms with Crippen LogP contribution in [0.3, 0.4) is 0 Å².